The lowest BCUT2D eigenvalue weighted by molar-refractivity contribution is 0.0944. The molecule has 0 aliphatic rings. The maximum absolute atomic E-state index is 12.9. The first-order valence-corrected chi connectivity index (χ1v) is 8.38. The highest BCUT2D eigenvalue weighted by molar-refractivity contribution is 5.97. The topological polar surface area (TPSA) is 84.0 Å². The molecule has 0 spiro atoms. The van der Waals surface area contributed by atoms with E-state index in [4.69, 9.17) is 0 Å². The number of aromatic nitrogens is 2. The van der Waals surface area contributed by atoms with Crippen LogP contribution in [0.15, 0.2) is 60.9 Å². The van der Waals surface area contributed by atoms with Crippen LogP contribution in [-0.2, 0) is 13.1 Å². The molecule has 3 rings (SSSR count). The normalized spacial score (nSPS) is 10.4. The van der Waals surface area contributed by atoms with E-state index in [-0.39, 0.29) is 36.1 Å². The van der Waals surface area contributed by atoms with Crippen LogP contribution in [0.5, 0.6) is 0 Å². The van der Waals surface area contributed by atoms with Crippen molar-refractivity contribution < 1.29 is 18.4 Å². The van der Waals surface area contributed by atoms with Crippen molar-refractivity contribution in [2.75, 3.05) is 0 Å². The molecule has 3 aromatic rings. The Morgan fingerprint density at radius 3 is 1.50 bits per heavy atom. The number of nitrogens with one attached hydrogen (secondary N) is 2. The number of benzene rings is 2. The van der Waals surface area contributed by atoms with Crippen molar-refractivity contribution in [3.63, 3.8) is 0 Å². The van der Waals surface area contributed by atoms with Gasteiger partial charge in [0, 0.05) is 19.2 Å². The van der Waals surface area contributed by atoms with Crippen LogP contribution in [0.1, 0.15) is 32.1 Å². The van der Waals surface area contributed by atoms with Crippen molar-refractivity contribution in [3.05, 3.63) is 95.1 Å². The molecule has 1 aromatic heterocycles. The van der Waals surface area contributed by atoms with E-state index >= 15 is 0 Å². The summed E-state index contributed by atoms with van der Waals surface area (Å²) in [4.78, 5) is 32.2. The number of halogens is 2. The quantitative estimate of drug-likeness (QED) is 0.687. The van der Waals surface area contributed by atoms with Crippen LogP contribution >= 0.6 is 0 Å². The standard InChI is InChI=1S/C20H16F2N4O2/c21-15-5-1-13(2-6-15)10-23-19(27)17-9-18(26-12-25-17)20(28)24-11-14-3-7-16(22)8-4-14/h1-9,12H,10-11H2,(H,23,27)(H,24,28). The van der Waals surface area contributed by atoms with Crippen LogP contribution in [-0.4, -0.2) is 21.8 Å². The van der Waals surface area contributed by atoms with Crippen LogP contribution in [0.25, 0.3) is 0 Å². The number of carbonyl (C=O) groups excluding carboxylic acids is 2. The van der Waals surface area contributed by atoms with E-state index in [0.717, 1.165) is 17.5 Å². The molecule has 8 heteroatoms. The molecule has 0 aliphatic heterocycles. The van der Waals surface area contributed by atoms with Crippen LogP contribution < -0.4 is 10.6 Å². The zero-order valence-electron chi connectivity index (χ0n) is 14.7. The largest absolute Gasteiger partial charge is 0.347 e. The third-order valence-corrected chi connectivity index (χ3v) is 3.87. The van der Waals surface area contributed by atoms with E-state index in [9.17, 15) is 18.4 Å². The van der Waals surface area contributed by atoms with E-state index in [1.54, 1.807) is 24.3 Å². The molecule has 2 N–H and O–H groups in total. The van der Waals surface area contributed by atoms with Gasteiger partial charge in [0.25, 0.3) is 11.8 Å². The van der Waals surface area contributed by atoms with Crippen LogP contribution in [0.2, 0.25) is 0 Å². The third kappa shape index (κ3) is 5.16. The van der Waals surface area contributed by atoms with Crippen LogP contribution in [0.4, 0.5) is 8.78 Å². The summed E-state index contributed by atoms with van der Waals surface area (Å²) in [7, 11) is 0. The smallest absolute Gasteiger partial charge is 0.270 e. The average Bonchev–Trinajstić information content (AvgIpc) is 2.72. The third-order valence-electron chi connectivity index (χ3n) is 3.87. The minimum absolute atomic E-state index is 0.0315. The molecule has 28 heavy (non-hydrogen) atoms. The molecule has 0 bridgehead atoms. The van der Waals surface area contributed by atoms with Crippen molar-refractivity contribution in [2.45, 2.75) is 13.1 Å². The average molecular weight is 382 g/mol. The molecule has 142 valence electrons. The summed E-state index contributed by atoms with van der Waals surface area (Å²) in [5.74, 6) is -1.69. The fourth-order valence-electron chi connectivity index (χ4n) is 2.36. The second-order valence-electron chi connectivity index (χ2n) is 5.91. The van der Waals surface area contributed by atoms with Gasteiger partial charge in [-0.05, 0) is 35.4 Å². The lowest BCUT2D eigenvalue weighted by Crippen LogP contribution is -2.27. The summed E-state index contributed by atoms with van der Waals surface area (Å²) in [5, 5.41) is 5.29. The molecule has 1 heterocycles. The SMILES string of the molecule is O=C(NCc1ccc(F)cc1)c1cc(C(=O)NCc2ccc(F)cc2)ncn1. The van der Waals surface area contributed by atoms with Crippen molar-refractivity contribution in [2.24, 2.45) is 0 Å². The number of amides is 2. The number of carbonyl (C=O) groups is 2. The maximum Gasteiger partial charge on any atom is 0.270 e. The second kappa shape index (κ2) is 8.81. The number of nitrogens with zero attached hydrogens (tertiary/aromatic N) is 2. The van der Waals surface area contributed by atoms with E-state index in [1.165, 1.54) is 30.3 Å². The Hall–Kier alpha value is -3.68. The van der Waals surface area contributed by atoms with Gasteiger partial charge in [0.1, 0.15) is 29.3 Å². The van der Waals surface area contributed by atoms with Gasteiger partial charge in [-0.1, -0.05) is 24.3 Å². The van der Waals surface area contributed by atoms with Gasteiger partial charge in [0.05, 0.1) is 0 Å². The zero-order valence-corrected chi connectivity index (χ0v) is 14.7. The van der Waals surface area contributed by atoms with Crippen LogP contribution in [0, 0.1) is 11.6 Å². The fraction of sp³-hybridized carbons (Fsp3) is 0.100. The molecule has 0 saturated heterocycles. The van der Waals surface area contributed by atoms with Gasteiger partial charge in [0.2, 0.25) is 0 Å². The Bertz CT molecular complexity index is 900. The van der Waals surface area contributed by atoms with E-state index < -0.39 is 11.8 Å². The minimum atomic E-state index is -0.487. The summed E-state index contributed by atoms with van der Waals surface area (Å²) in [6.45, 7) is 0.379. The van der Waals surface area contributed by atoms with Gasteiger partial charge >= 0.3 is 0 Å². The minimum Gasteiger partial charge on any atom is -0.347 e. The van der Waals surface area contributed by atoms with E-state index in [1.807, 2.05) is 0 Å². The molecule has 0 fully saturated rings. The lowest BCUT2D eigenvalue weighted by atomic mass is 10.2. The summed E-state index contributed by atoms with van der Waals surface area (Å²) in [6, 6.07) is 12.7. The fourth-order valence-corrected chi connectivity index (χ4v) is 2.36. The van der Waals surface area contributed by atoms with Gasteiger partial charge in [0.15, 0.2) is 0 Å². The summed E-state index contributed by atoms with van der Waals surface area (Å²) >= 11 is 0. The molecule has 0 atom stereocenters. The number of rotatable bonds is 6. The Morgan fingerprint density at radius 2 is 1.11 bits per heavy atom. The first-order valence-electron chi connectivity index (χ1n) is 8.38. The molecule has 0 aliphatic carbocycles. The summed E-state index contributed by atoms with van der Waals surface area (Å²) in [5.41, 5.74) is 1.51. The van der Waals surface area contributed by atoms with Crippen molar-refractivity contribution in [3.8, 4) is 0 Å². The first kappa shape index (κ1) is 19.1. The highest BCUT2D eigenvalue weighted by Crippen LogP contribution is 2.05. The van der Waals surface area contributed by atoms with Crippen molar-refractivity contribution in [1.82, 2.24) is 20.6 Å². The number of hydrogen-bond acceptors (Lipinski definition) is 4. The Labute approximate surface area is 159 Å². The molecule has 0 saturated carbocycles. The van der Waals surface area contributed by atoms with Crippen LogP contribution in [0.3, 0.4) is 0 Å². The number of hydrogen-bond donors (Lipinski definition) is 2. The van der Waals surface area contributed by atoms with Crippen molar-refractivity contribution >= 4 is 11.8 Å². The van der Waals surface area contributed by atoms with Crippen molar-refractivity contribution in [1.29, 1.82) is 0 Å². The molecular formula is C20H16F2N4O2. The molecular weight excluding hydrogens is 366 g/mol. The molecule has 2 amide bonds. The predicted molar refractivity (Wildman–Crippen MR) is 97.2 cm³/mol. The molecule has 2 aromatic carbocycles. The lowest BCUT2D eigenvalue weighted by Gasteiger charge is -2.07. The Kier molecular flexibility index (Phi) is 6.01. The summed E-state index contributed by atoms with van der Waals surface area (Å²) < 4.78 is 25.8. The predicted octanol–water partition coefficient (Wildman–Crippen LogP) is 2.61. The zero-order chi connectivity index (χ0) is 19.9. The van der Waals surface area contributed by atoms with Gasteiger partial charge in [-0.3, -0.25) is 9.59 Å². The van der Waals surface area contributed by atoms with Gasteiger partial charge in [-0.2, -0.15) is 0 Å². The van der Waals surface area contributed by atoms with E-state index in [2.05, 4.69) is 20.6 Å². The molecule has 6 nitrogen and oxygen atoms in total. The highest BCUT2D eigenvalue weighted by Gasteiger charge is 2.13. The molecule has 0 radical (unpaired) electrons. The highest BCUT2D eigenvalue weighted by atomic mass is 19.1. The van der Waals surface area contributed by atoms with E-state index in [0.29, 0.717) is 0 Å². The first-order chi connectivity index (χ1) is 13.5. The summed E-state index contributed by atoms with van der Waals surface area (Å²) in [6.07, 6.45) is 1.12. The van der Waals surface area contributed by atoms with Gasteiger partial charge in [-0.15, -0.1) is 0 Å². The monoisotopic (exact) mass is 382 g/mol. The Balaban J connectivity index is 1.58. The maximum atomic E-state index is 12.9. The molecule has 0 unspecified atom stereocenters. The van der Waals surface area contributed by atoms with Gasteiger partial charge in [-0.25, -0.2) is 18.7 Å². The second-order valence-corrected chi connectivity index (χ2v) is 5.91. The Morgan fingerprint density at radius 1 is 0.714 bits per heavy atom. The van der Waals surface area contributed by atoms with Gasteiger partial charge < -0.3 is 10.6 Å².